The molecule has 1 aromatic heterocycles. The van der Waals surface area contributed by atoms with E-state index >= 15 is 0 Å². The summed E-state index contributed by atoms with van der Waals surface area (Å²) in [6, 6.07) is 10.4. The van der Waals surface area contributed by atoms with E-state index in [1.165, 1.54) is 23.2 Å². The molecule has 3 aliphatic rings. The van der Waals surface area contributed by atoms with Gasteiger partial charge in [0.15, 0.2) is 0 Å². The van der Waals surface area contributed by atoms with Crippen molar-refractivity contribution in [2.75, 3.05) is 37.6 Å². The summed E-state index contributed by atoms with van der Waals surface area (Å²) in [7, 11) is 0. The zero-order valence-electron chi connectivity index (χ0n) is 18.7. The Balaban J connectivity index is 0.00000144. The molecular weight excluding hydrogens is 447 g/mol. The minimum absolute atomic E-state index is 0. The number of fused-ring (bicyclic) bond motifs is 4. The van der Waals surface area contributed by atoms with Crippen LogP contribution in [0.4, 0.5) is 5.69 Å². The van der Waals surface area contributed by atoms with Crippen LogP contribution in [-0.4, -0.2) is 48.1 Å². The lowest BCUT2D eigenvalue weighted by molar-refractivity contribution is -0.121. The van der Waals surface area contributed by atoms with E-state index in [9.17, 15) is 9.59 Å². The number of carbonyl (C=O) groups excluding carboxylic acids is 1. The lowest BCUT2D eigenvalue weighted by atomic mass is 9.84. The number of halogens is 2. The number of nitrogens with one attached hydrogen (secondary N) is 1. The van der Waals surface area contributed by atoms with Crippen molar-refractivity contribution in [2.45, 2.75) is 39.3 Å². The van der Waals surface area contributed by atoms with Gasteiger partial charge in [-0.15, -0.1) is 24.8 Å². The maximum Gasteiger partial charge on any atom is 0.255 e. The number of benzene rings is 1. The molecule has 2 atom stereocenters. The SMILES string of the molecule is Cc1cc(C)cc(N2CCN(Cc3ccc4n(c3=O)C[C@@H]3CNC[C@H]4C3)CC2=O)c1.Cl.Cl. The lowest BCUT2D eigenvalue weighted by Gasteiger charge is -2.38. The minimum atomic E-state index is 0. The lowest BCUT2D eigenvalue weighted by Crippen LogP contribution is -2.51. The van der Waals surface area contributed by atoms with E-state index in [2.05, 4.69) is 48.3 Å². The quantitative estimate of drug-likeness (QED) is 0.736. The minimum Gasteiger partial charge on any atom is -0.316 e. The van der Waals surface area contributed by atoms with E-state index < -0.39 is 0 Å². The number of hydrogen-bond donors (Lipinski definition) is 1. The Morgan fingerprint density at radius 2 is 1.75 bits per heavy atom. The summed E-state index contributed by atoms with van der Waals surface area (Å²) in [4.78, 5) is 30.0. The highest BCUT2D eigenvalue weighted by Gasteiger charge is 2.32. The van der Waals surface area contributed by atoms with Crippen molar-refractivity contribution in [1.29, 1.82) is 0 Å². The number of piperazine rings is 1. The monoisotopic (exact) mass is 478 g/mol. The van der Waals surface area contributed by atoms with Crippen LogP contribution in [0.25, 0.3) is 0 Å². The van der Waals surface area contributed by atoms with Gasteiger partial charge in [-0.2, -0.15) is 0 Å². The van der Waals surface area contributed by atoms with Gasteiger partial charge in [-0.05, 0) is 62.1 Å². The van der Waals surface area contributed by atoms with Gasteiger partial charge in [0.2, 0.25) is 5.91 Å². The fourth-order valence-corrected chi connectivity index (χ4v) is 5.43. The summed E-state index contributed by atoms with van der Waals surface area (Å²) in [6.07, 6.45) is 1.18. The first kappa shape index (κ1) is 24.8. The highest BCUT2D eigenvalue weighted by atomic mass is 35.5. The van der Waals surface area contributed by atoms with E-state index in [1.54, 1.807) is 0 Å². The second-order valence-electron chi connectivity index (χ2n) is 9.26. The second kappa shape index (κ2) is 9.96. The Labute approximate surface area is 201 Å². The molecular formula is C24H32Cl2N4O2. The van der Waals surface area contributed by atoms with Crippen LogP contribution in [0.1, 0.15) is 34.7 Å². The molecule has 2 saturated heterocycles. The fraction of sp³-hybridized carbons (Fsp3) is 0.500. The maximum atomic E-state index is 13.2. The summed E-state index contributed by atoms with van der Waals surface area (Å²) in [5, 5.41) is 3.49. The zero-order chi connectivity index (χ0) is 20.8. The van der Waals surface area contributed by atoms with E-state index in [4.69, 9.17) is 0 Å². The van der Waals surface area contributed by atoms with E-state index in [-0.39, 0.29) is 36.3 Å². The first-order chi connectivity index (χ1) is 14.5. The summed E-state index contributed by atoms with van der Waals surface area (Å²) >= 11 is 0. The Morgan fingerprint density at radius 3 is 2.47 bits per heavy atom. The molecule has 1 N–H and O–H groups in total. The maximum absolute atomic E-state index is 13.2. The van der Waals surface area contributed by atoms with E-state index in [0.717, 1.165) is 37.4 Å². The molecule has 0 aliphatic carbocycles. The highest BCUT2D eigenvalue weighted by molar-refractivity contribution is 5.95. The van der Waals surface area contributed by atoms with Gasteiger partial charge in [0.05, 0.1) is 6.54 Å². The van der Waals surface area contributed by atoms with Crippen LogP contribution in [0.15, 0.2) is 35.1 Å². The number of amides is 1. The van der Waals surface area contributed by atoms with Crippen molar-refractivity contribution in [3.8, 4) is 0 Å². The highest BCUT2D eigenvalue weighted by Crippen LogP contribution is 2.31. The number of rotatable bonds is 3. The summed E-state index contributed by atoms with van der Waals surface area (Å²) in [5.74, 6) is 1.10. The predicted octanol–water partition coefficient (Wildman–Crippen LogP) is 2.86. The first-order valence-corrected chi connectivity index (χ1v) is 11.0. The van der Waals surface area contributed by atoms with Crippen LogP contribution in [-0.2, 0) is 17.9 Å². The molecule has 2 aromatic rings. The zero-order valence-corrected chi connectivity index (χ0v) is 20.3. The third-order valence-corrected chi connectivity index (χ3v) is 6.80. The first-order valence-electron chi connectivity index (χ1n) is 11.0. The Kier molecular flexibility index (Phi) is 7.71. The molecule has 3 aliphatic heterocycles. The molecule has 0 saturated carbocycles. The number of aromatic nitrogens is 1. The topological polar surface area (TPSA) is 57.6 Å². The third-order valence-electron chi connectivity index (χ3n) is 6.80. The van der Waals surface area contributed by atoms with Crippen LogP contribution in [0.5, 0.6) is 0 Å². The van der Waals surface area contributed by atoms with Gasteiger partial charge in [0.1, 0.15) is 0 Å². The number of carbonyl (C=O) groups is 1. The number of pyridine rings is 1. The number of piperidine rings is 1. The molecule has 0 spiro atoms. The molecule has 32 heavy (non-hydrogen) atoms. The molecule has 174 valence electrons. The molecule has 8 heteroatoms. The summed E-state index contributed by atoms with van der Waals surface area (Å²) < 4.78 is 2.00. The Hall–Kier alpha value is -1.86. The Morgan fingerprint density at radius 1 is 1.00 bits per heavy atom. The van der Waals surface area contributed by atoms with Gasteiger partial charge in [-0.25, -0.2) is 0 Å². The van der Waals surface area contributed by atoms with Gasteiger partial charge < -0.3 is 14.8 Å². The molecule has 0 radical (unpaired) electrons. The van der Waals surface area contributed by atoms with Crippen LogP contribution < -0.4 is 15.8 Å². The molecule has 4 heterocycles. The number of hydrogen-bond acceptors (Lipinski definition) is 4. The Bertz CT molecular complexity index is 1030. The number of nitrogens with zero attached hydrogens (tertiary/aromatic N) is 3. The number of aryl methyl sites for hydroxylation is 2. The average molecular weight is 479 g/mol. The molecule has 6 nitrogen and oxygen atoms in total. The molecule has 0 unspecified atom stereocenters. The van der Waals surface area contributed by atoms with E-state index in [0.29, 0.717) is 31.5 Å². The molecule has 2 fully saturated rings. The average Bonchev–Trinajstić information content (AvgIpc) is 2.70. The van der Waals surface area contributed by atoms with Crippen molar-refractivity contribution in [3.05, 3.63) is 63.1 Å². The molecule has 1 amide bonds. The van der Waals surface area contributed by atoms with Crippen molar-refractivity contribution < 1.29 is 4.79 Å². The molecule has 5 rings (SSSR count). The molecule has 2 bridgehead atoms. The van der Waals surface area contributed by atoms with Crippen LogP contribution in [0.3, 0.4) is 0 Å². The van der Waals surface area contributed by atoms with Crippen molar-refractivity contribution >= 4 is 36.4 Å². The normalized spacial score (nSPS) is 22.6. The van der Waals surface area contributed by atoms with Gasteiger partial charge in [-0.1, -0.05) is 12.1 Å². The second-order valence-corrected chi connectivity index (χ2v) is 9.26. The van der Waals surface area contributed by atoms with Gasteiger partial charge in [0, 0.05) is 55.6 Å². The standard InChI is InChI=1S/C24H30N4O2.2ClH/c1-16-7-17(2)9-21(8-16)27-6-5-26(15-23(27)29)14-19-3-4-22-20-10-18(11-25-12-20)13-28(22)24(19)30;;/h3-4,7-9,18,20,25H,5-6,10-15H2,1-2H3;2*1H/t18-,20+;;/m0../s1. The van der Waals surface area contributed by atoms with E-state index in [1.807, 2.05) is 15.5 Å². The largest absolute Gasteiger partial charge is 0.316 e. The van der Waals surface area contributed by atoms with Crippen molar-refractivity contribution in [1.82, 2.24) is 14.8 Å². The van der Waals surface area contributed by atoms with Gasteiger partial charge in [0.25, 0.3) is 5.56 Å². The van der Waals surface area contributed by atoms with Crippen molar-refractivity contribution in [2.24, 2.45) is 5.92 Å². The molecule has 1 aromatic carbocycles. The van der Waals surface area contributed by atoms with Crippen molar-refractivity contribution in [3.63, 3.8) is 0 Å². The third kappa shape index (κ3) is 4.74. The van der Waals surface area contributed by atoms with Crippen LogP contribution in [0.2, 0.25) is 0 Å². The van der Waals surface area contributed by atoms with Crippen LogP contribution in [0, 0.1) is 19.8 Å². The van der Waals surface area contributed by atoms with Gasteiger partial charge in [-0.3, -0.25) is 14.5 Å². The smallest absolute Gasteiger partial charge is 0.255 e. The number of anilines is 1. The van der Waals surface area contributed by atoms with Gasteiger partial charge >= 0.3 is 0 Å². The summed E-state index contributed by atoms with van der Waals surface area (Å²) in [5.41, 5.74) is 5.42. The van der Waals surface area contributed by atoms with Crippen LogP contribution >= 0.6 is 24.8 Å². The fourth-order valence-electron chi connectivity index (χ4n) is 5.43. The predicted molar refractivity (Wildman–Crippen MR) is 132 cm³/mol. The summed E-state index contributed by atoms with van der Waals surface area (Å²) in [6.45, 7) is 9.22.